The number of benzene rings is 1. The van der Waals surface area contributed by atoms with Crippen molar-refractivity contribution in [2.45, 2.75) is 13.1 Å². The minimum atomic E-state index is -4.41. The Kier molecular flexibility index (Phi) is 3.93. The van der Waals surface area contributed by atoms with Crippen LogP contribution >= 0.6 is 0 Å². The smallest absolute Gasteiger partial charge is 0.393 e. The van der Waals surface area contributed by atoms with Crippen LogP contribution in [0.4, 0.5) is 13.2 Å². The summed E-state index contributed by atoms with van der Waals surface area (Å²) in [6, 6.07) is 4.69. The fourth-order valence-corrected chi connectivity index (χ4v) is 1.40. The quantitative estimate of drug-likeness (QED) is 0.827. The van der Waals surface area contributed by atoms with Gasteiger partial charge in [0.2, 0.25) is 0 Å². The molecule has 1 N–H and O–H groups in total. The molecule has 0 saturated carbocycles. The van der Waals surface area contributed by atoms with E-state index in [-0.39, 0.29) is 16.9 Å². The van der Waals surface area contributed by atoms with E-state index in [9.17, 15) is 18.0 Å². The molecule has 92 valence electrons. The van der Waals surface area contributed by atoms with Crippen molar-refractivity contribution in [1.29, 1.82) is 0 Å². The Balaban J connectivity index is 3.23. The summed E-state index contributed by atoms with van der Waals surface area (Å²) < 4.78 is 37.5. The standard InChI is InChI=1S/C12H12F3NO/c1-8(17)11(7-16-2)9-4-3-5-10(6-9)12(13,14)15/h3-7,16H,1-2H3. The Morgan fingerprint density at radius 3 is 2.47 bits per heavy atom. The zero-order valence-corrected chi connectivity index (χ0v) is 9.43. The molecule has 0 amide bonds. The first kappa shape index (κ1) is 13.3. The van der Waals surface area contributed by atoms with Crippen molar-refractivity contribution in [3.05, 3.63) is 41.6 Å². The van der Waals surface area contributed by atoms with Crippen molar-refractivity contribution in [2.75, 3.05) is 7.05 Å². The highest BCUT2D eigenvalue weighted by atomic mass is 19.4. The van der Waals surface area contributed by atoms with Gasteiger partial charge in [-0.2, -0.15) is 13.2 Å². The molecule has 17 heavy (non-hydrogen) atoms. The molecule has 1 aromatic carbocycles. The monoisotopic (exact) mass is 243 g/mol. The lowest BCUT2D eigenvalue weighted by atomic mass is 10.0. The summed E-state index contributed by atoms with van der Waals surface area (Å²) in [4.78, 5) is 11.3. The molecule has 0 heterocycles. The van der Waals surface area contributed by atoms with E-state index in [4.69, 9.17) is 0 Å². The van der Waals surface area contributed by atoms with Gasteiger partial charge in [-0.3, -0.25) is 4.79 Å². The predicted molar refractivity (Wildman–Crippen MR) is 59.2 cm³/mol. The largest absolute Gasteiger partial charge is 0.416 e. The molecule has 0 aromatic heterocycles. The van der Waals surface area contributed by atoms with Crippen molar-refractivity contribution in [2.24, 2.45) is 0 Å². The normalized spacial score (nSPS) is 12.4. The van der Waals surface area contributed by atoms with Gasteiger partial charge in [-0.15, -0.1) is 0 Å². The first-order chi connectivity index (χ1) is 7.86. The summed E-state index contributed by atoms with van der Waals surface area (Å²) >= 11 is 0. The third kappa shape index (κ3) is 3.34. The van der Waals surface area contributed by atoms with Gasteiger partial charge in [-0.05, 0) is 24.6 Å². The number of carbonyl (C=O) groups is 1. The van der Waals surface area contributed by atoms with E-state index in [0.717, 1.165) is 12.1 Å². The predicted octanol–water partition coefficient (Wildman–Crippen LogP) is 2.85. The first-order valence-corrected chi connectivity index (χ1v) is 4.92. The molecule has 0 fully saturated rings. The average Bonchev–Trinajstić information content (AvgIpc) is 2.24. The van der Waals surface area contributed by atoms with Gasteiger partial charge in [0.25, 0.3) is 0 Å². The Bertz CT molecular complexity index is 449. The maximum absolute atomic E-state index is 12.5. The number of Topliss-reactive ketones (excluding diaryl/α,β-unsaturated/α-hetero) is 1. The second-order valence-corrected chi connectivity index (χ2v) is 3.48. The fourth-order valence-electron chi connectivity index (χ4n) is 1.40. The molecule has 0 aliphatic heterocycles. The number of rotatable bonds is 3. The van der Waals surface area contributed by atoms with Gasteiger partial charge in [0.1, 0.15) is 0 Å². The van der Waals surface area contributed by atoms with Gasteiger partial charge >= 0.3 is 6.18 Å². The van der Waals surface area contributed by atoms with E-state index < -0.39 is 11.7 Å². The van der Waals surface area contributed by atoms with Crippen molar-refractivity contribution in [3.8, 4) is 0 Å². The molecule has 0 atom stereocenters. The number of alkyl halides is 3. The Hall–Kier alpha value is -1.78. The van der Waals surface area contributed by atoms with Gasteiger partial charge in [0.05, 0.1) is 5.56 Å². The fraction of sp³-hybridized carbons (Fsp3) is 0.250. The molecular weight excluding hydrogens is 231 g/mol. The summed E-state index contributed by atoms with van der Waals surface area (Å²) in [5, 5.41) is 2.64. The number of nitrogens with one attached hydrogen (secondary N) is 1. The SMILES string of the molecule is CNC=C(C(C)=O)c1cccc(C(F)(F)F)c1. The molecule has 0 saturated heterocycles. The molecule has 2 nitrogen and oxygen atoms in total. The van der Waals surface area contributed by atoms with Crippen LogP contribution in [0.25, 0.3) is 5.57 Å². The van der Waals surface area contributed by atoms with E-state index >= 15 is 0 Å². The molecule has 0 aliphatic rings. The van der Waals surface area contributed by atoms with Crippen molar-refractivity contribution < 1.29 is 18.0 Å². The Morgan fingerprint density at radius 2 is 2.00 bits per heavy atom. The third-order valence-electron chi connectivity index (χ3n) is 2.17. The van der Waals surface area contributed by atoms with Gasteiger partial charge in [0.15, 0.2) is 5.78 Å². The average molecular weight is 243 g/mol. The van der Waals surface area contributed by atoms with Crippen LogP contribution in [-0.4, -0.2) is 12.8 Å². The first-order valence-electron chi connectivity index (χ1n) is 4.92. The molecular formula is C12H12F3NO. The zero-order valence-electron chi connectivity index (χ0n) is 9.43. The van der Waals surface area contributed by atoms with Crippen molar-refractivity contribution in [3.63, 3.8) is 0 Å². The van der Waals surface area contributed by atoms with Gasteiger partial charge in [-0.1, -0.05) is 12.1 Å². The van der Waals surface area contributed by atoms with Crippen LogP contribution in [0.2, 0.25) is 0 Å². The molecule has 1 rings (SSSR count). The minimum Gasteiger partial charge on any atom is -0.393 e. The highest BCUT2D eigenvalue weighted by Crippen LogP contribution is 2.30. The molecule has 5 heteroatoms. The minimum absolute atomic E-state index is 0.221. The van der Waals surface area contributed by atoms with Crippen LogP contribution in [-0.2, 0) is 11.0 Å². The van der Waals surface area contributed by atoms with Gasteiger partial charge < -0.3 is 5.32 Å². The lowest BCUT2D eigenvalue weighted by Crippen LogP contribution is -2.07. The van der Waals surface area contributed by atoms with E-state index in [2.05, 4.69) is 5.32 Å². The molecule has 0 aliphatic carbocycles. The summed E-state index contributed by atoms with van der Waals surface area (Å²) in [6.45, 7) is 1.31. The van der Waals surface area contributed by atoms with Crippen LogP contribution < -0.4 is 5.32 Å². The summed E-state index contributed by atoms with van der Waals surface area (Å²) in [7, 11) is 1.58. The number of hydrogen-bond donors (Lipinski definition) is 1. The molecule has 0 radical (unpaired) electrons. The maximum atomic E-state index is 12.5. The van der Waals surface area contributed by atoms with Crippen molar-refractivity contribution >= 4 is 11.4 Å². The number of allylic oxidation sites excluding steroid dienone is 1. The zero-order chi connectivity index (χ0) is 13.1. The van der Waals surface area contributed by atoms with Crippen LogP contribution in [0.3, 0.4) is 0 Å². The lowest BCUT2D eigenvalue weighted by molar-refractivity contribution is -0.137. The highest BCUT2D eigenvalue weighted by Gasteiger charge is 2.30. The van der Waals surface area contributed by atoms with E-state index in [1.54, 1.807) is 7.05 Å². The summed E-state index contributed by atoms with van der Waals surface area (Å²) in [5.74, 6) is -0.293. The summed E-state index contributed by atoms with van der Waals surface area (Å²) in [5.41, 5.74) is -0.293. The van der Waals surface area contributed by atoms with Gasteiger partial charge in [-0.25, -0.2) is 0 Å². The number of halogens is 3. The Labute approximate surface area is 97.1 Å². The lowest BCUT2D eigenvalue weighted by Gasteiger charge is -2.09. The topological polar surface area (TPSA) is 29.1 Å². The highest BCUT2D eigenvalue weighted by molar-refractivity contribution is 6.19. The third-order valence-corrected chi connectivity index (χ3v) is 2.17. The van der Waals surface area contributed by atoms with Crippen LogP contribution in [0.15, 0.2) is 30.5 Å². The number of hydrogen-bond acceptors (Lipinski definition) is 2. The van der Waals surface area contributed by atoms with E-state index in [0.29, 0.717) is 0 Å². The van der Waals surface area contributed by atoms with Crippen molar-refractivity contribution in [1.82, 2.24) is 5.32 Å². The summed E-state index contributed by atoms with van der Waals surface area (Å²) in [6.07, 6.45) is -3.02. The van der Waals surface area contributed by atoms with Crippen LogP contribution in [0.5, 0.6) is 0 Å². The van der Waals surface area contributed by atoms with E-state index in [1.165, 1.54) is 25.3 Å². The molecule has 0 spiro atoms. The van der Waals surface area contributed by atoms with Gasteiger partial charge in [0, 0.05) is 18.8 Å². The molecule has 0 bridgehead atoms. The number of ketones is 1. The molecule has 0 unspecified atom stereocenters. The van der Waals surface area contributed by atoms with Crippen LogP contribution in [0.1, 0.15) is 18.1 Å². The second kappa shape index (κ2) is 5.03. The Morgan fingerprint density at radius 1 is 1.35 bits per heavy atom. The molecule has 1 aromatic rings. The number of carbonyl (C=O) groups excluding carboxylic acids is 1. The second-order valence-electron chi connectivity index (χ2n) is 3.48. The van der Waals surface area contributed by atoms with E-state index in [1.807, 2.05) is 0 Å². The maximum Gasteiger partial charge on any atom is 0.416 e. The van der Waals surface area contributed by atoms with Crippen LogP contribution in [0, 0.1) is 0 Å².